The minimum Gasteiger partial charge on any atom is -0.386 e. The normalized spacial score (nSPS) is 15.5. The largest absolute Gasteiger partial charge is 0.386 e. The number of nitrogens with one attached hydrogen (secondary N) is 7. The first-order valence-corrected chi connectivity index (χ1v) is 33.4. The molecule has 0 radical (unpaired) electrons. The molecule has 7 rings (SSSR count). The molecule has 0 spiro atoms. The number of likely N-dealkylation sites (tertiary alicyclic amines) is 1. The van der Waals surface area contributed by atoms with Crippen LogP contribution in [0.2, 0.25) is 0 Å². The van der Waals surface area contributed by atoms with E-state index in [-0.39, 0.29) is 0 Å². The molecular weight excluding hydrogens is 1240 g/mol. The van der Waals surface area contributed by atoms with E-state index in [0.29, 0.717) is 32.7 Å². The van der Waals surface area contributed by atoms with Crippen molar-refractivity contribution in [1.82, 2.24) is 116 Å². The Labute approximate surface area is 601 Å². The number of hydrogen-bond acceptors (Lipinski definition) is 27. The number of allylic oxidation sites excluding steroid dienone is 2. The maximum Gasteiger partial charge on any atom is 0.122 e. The molecule has 27 heteroatoms. The van der Waals surface area contributed by atoms with E-state index in [2.05, 4.69) is 206 Å². The summed E-state index contributed by atoms with van der Waals surface area (Å²) < 4.78 is 10.2. The monoisotopic (exact) mass is 1390 g/mol. The highest BCUT2D eigenvalue weighted by molar-refractivity contribution is 8.03. The number of rotatable bonds is 11. The molecule has 0 atom stereocenters. The fourth-order valence-electron chi connectivity index (χ4n) is 6.50. The van der Waals surface area contributed by atoms with Crippen molar-refractivity contribution >= 4 is 11.8 Å². The van der Waals surface area contributed by atoms with Crippen LogP contribution >= 0.6 is 11.8 Å². The highest BCUT2D eigenvalue weighted by Crippen LogP contribution is 2.23. The molecule has 97 heavy (non-hydrogen) atoms. The van der Waals surface area contributed by atoms with Gasteiger partial charge in [0.2, 0.25) is 0 Å². The van der Waals surface area contributed by atoms with Gasteiger partial charge in [-0.1, -0.05) is 85.5 Å². The second-order valence-electron chi connectivity index (χ2n) is 24.2. The lowest BCUT2D eigenvalue weighted by Crippen LogP contribution is -2.48. The average molecular weight is 1390 g/mol. The Hall–Kier alpha value is -7.75. The Morgan fingerprint density at radius 1 is 0.485 bits per heavy atom. The van der Waals surface area contributed by atoms with E-state index >= 15 is 0 Å². The second kappa shape index (κ2) is 59.5. The lowest BCUT2D eigenvalue weighted by molar-refractivity contribution is -0.0525. The predicted molar refractivity (Wildman–Crippen MR) is 426 cm³/mol. The standard InChI is InChI=1S/C7H15N3.C6H12N2O.C6H12N2.2C6H14N2.C6H11N.C5H10N2O.C5H10N2.C5H12N2.C5H9NS.C5H11N.2C4H10N2/c1-7-9(3)5-8(2)6-10(7)4;1-6-7(2)4-9-5-8(6)3;1-6-7-4-3-5-8(6)2;1-6(7(2)3)8(4)5;1-5-8(4)6(2)7-3;1-6-4-3-5-7(6)2;1-5-6-3-8-4-7(5)2;1-5-6-3-4-7(5)2;1-5(6-2)7(3)4;1-5-6(2)3-4-7-5;1-5(2)6(3)4;1-4(5)6(2)3;1-4(5-2)6-3/h1,5-6H2,2-4H3;1,4-5H2,2-3H3;7H,1,3-5H2,2H3;1H2,2-5H3;7H,2,5H2,1,3-4H3;1,3-5H2,2H3;6H,1,3-4H2,2H3;6H,1,3-4H2,2H3;6H,1H2,2-4H3;1,3-4H2,2H3;1H2,2-4H3;1,5H2,2-3H3;5-6H,1H2,2-3H3. The zero-order chi connectivity index (χ0) is 76.8. The second-order valence-corrected chi connectivity index (χ2v) is 25.4. The first-order valence-electron chi connectivity index (χ1n) is 32.4. The molecule has 0 unspecified atom stereocenters. The van der Waals surface area contributed by atoms with Crippen LogP contribution in [0.15, 0.2) is 160 Å². The molecule has 0 aromatic rings. The average Bonchev–Trinajstić information content (AvgIpc) is 1.52. The van der Waals surface area contributed by atoms with Crippen molar-refractivity contribution in [3.8, 4) is 0 Å². The van der Waals surface area contributed by atoms with Crippen LogP contribution in [0.5, 0.6) is 0 Å². The van der Waals surface area contributed by atoms with Gasteiger partial charge in [-0.2, -0.15) is 0 Å². The van der Waals surface area contributed by atoms with Crippen molar-refractivity contribution < 1.29 is 9.47 Å². The first kappa shape index (κ1) is 100. The molecule has 0 saturated carbocycles. The minimum absolute atomic E-state index is 0.586. The van der Waals surface area contributed by atoms with Crippen LogP contribution in [0.4, 0.5) is 0 Å². The lowest BCUT2D eigenvalue weighted by atomic mass is 10.3. The summed E-state index contributed by atoms with van der Waals surface area (Å²) in [6, 6.07) is 0. The molecule has 0 aromatic carbocycles. The van der Waals surface area contributed by atoms with Gasteiger partial charge in [-0.3, -0.25) is 4.90 Å². The van der Waals surface area contributed by atoms with Gasteiger partial charge in [0.05, 0.1) is 76.6 Å². The van der Waals surface area contributed by atoms with Gasteiger partial charge in [-0.15, -0.1) is 11.8 Å². The summed E-state index contributed by atoms with van der Waals surface area (Å²) in [7, 11) is 49.1. The van der Waals surface area contributed by atoms with Crippen molar-refractivity contribution in [2.45, 2.75) is 33.1 Å². The van der Waals surface area contributed by atoms with E-state index in [9.17, 15) is 0 Å². The number of ether oxygens (including phenoxy) is 2. The van der Waals surface area contributed by atoms with Gasteiger partial charge in [-0.05, 0) is 40.2 Å². The fourth-order valence-corrected chi connectivity index (χ4v) is 7.41. The molecule has 26 nitrogen and oxygen atoms in total. The highest BCUT2D eigenvalue weighted by Gasteiger charge is 2.17. The topological polar surface area (TPSA) is 181 Å². The first-order chi connectivity index (χ1) is 44.9. The maximum absolute atomic E-state index is 5.17. The lowest BCUT2D eigenvalue weighted by Gasteiger charge is -2.40. The molecule has 0 aliphatic carbocycles. The predicted octanol–water partition coefficient (Wildman–Crippen LogP) is 5.51. The number of nitrogens with zero attached hydrogens (tertiary/aromatic N) is 16. The van der Waals surface area contributed by atoms with Gasteiger partial charge in [0.15, 0.2) is 0 Å². The summed E-state index contributed by atoms with van der Waals surface area (Å²) in [6.45, 7) is 65.0. The fraction of sp³-hybridized carbons (Fsp3) is 0.629. The molecule has 7 heterocycles. The molecule has 0 aromatic heterocycles. The van der Waals surface area contributed by atoms with Gasteiger partial charge < -0.3 is 126 Å². The molecule has 7 saturated heterocycles. The molecule has 7 fully saturated rings. The van der Waals surface area contributed by atoms with Crippen LogP contribution in [0.25, 0.3) is 0 Å². The van der Waals surface area contributed by atoms with E-state index in [4.69, 9.17) is 15.2 Å². The minimum atomic E-state index is 0.586. The number of thioether (sulfide) groups is 1. The van der Waals surface area contributed by atoms with Gasteiger partial charge in [0.1, 0.15) is 26.9 Å². The molecule has 0 amide bonds. The van der Waals surface area contributed by atoms with E-state index in [0.717, 1.165) is 104 Å². The summed E-state index contributed by atoms with van der Waals surface area (Å²) in [6.07, 6.45) is 3.74. The van der Waals surface area contributed by atoms with Crippen molar-refractivity contribution in [1.29, 1.82) is 0 Å². The van der Waals surface area contributed by atoms with Crippen LogP contribution in [-0.4, -0.2) is 346 Å². The molecule has 0 bridgehead atoms. The van der Waals surface area contributed by atoms with Crippen LogP contribution in [-0.2, 0) is 9.47 Å². The van der Waals surface area contributed by atoms with Crippen molar-refractivity contribution in [3.05, 3.63) is 160 Å². The van der Waals surface area contributed by atoms with Gasteiger partial charge in [-0.25, -0.2) is 0 Å². The highest BCUT2D eigenvalue weighted by atomic mass is 32.2. The number of likely N-dealkylation sites (N-methyl/N-ethyl adjacent to an activating group) is 1. The van der Waals surface area contributed by atoms with E-state index < -0.39 is 0 Å². The summed E-state index contributed by atoms with van der Waals surface area (Å²) >= 11 is 1.84. The van der Waals surface area contributed by atoms with Gasteiger partial charge >= 0.3 is 0 Å². The maximum atomic E-state index is 5.17. The third-order valence-electron chi connectivity index (χ3n) is 14.7. The van der Waals surface area contributed by atoms with Crippen LogP contribution < -0.4 is 43.0 Å². The summed E-state index contributed by atoms with van der Waals surface area (Å²) in [5, 5.41) is 21.9. The van der Waals surface area contributed by atoms with E-state index in [1.54, 1.807) is 4.90 Å². The van der Waals surface area contributed by atoms with Crippen LogP contribution in [0.1, 0.15) is 33.1 Å². The van der Waals surface area contributed by atoms with Crippen LogP contribution in [0.3, 0.4) is 0 Å². The third-order valence-corrected chi connectivity index (χ3v) is 15.7. The number of hydrogen-bond donors (Lipinski definition) is 8. The van der Waals surface area contributed by atoms with Gasteiger partial charge in [0.25, 0.3) is 0 Å². The Balaban J connectivity index is -0.000000232. The summed E-state index contributed by atoms with van der Waals surface area (Å²) in [5.74, 6) is 10.7. The molecule has 568 valence electrons. The molecule has 7 aliphatic heterocycles. The zero-order valence-electron chi connectivity index (χ0n) is 67.2. The van der Waals surface area contributed by atoms with E-state index in [1.165, 1.54) is 48.8 Å². The van der Waals surface area contributed by atoms with Crippen molar-refractivity contribution in [2.75, 3.05) is 268 Å². The smallest absolute Gasteiger partial charge is 0.122 e. The SMILES string of the molecule is C=C(C)N(C)C.C=C(N(C)C)N(C)C.C=C(N)N(C)C.C=C(NC)N(C)C.C=C(NC)N(C)CC.C=C(NC)NC.C=C1CCCN1C.C=C1N(C)CN(C)CN1C.C=C1N(C)COCN1C.C=C1NCCCN1C.C=C1NCCN1C.C=C1NCOCN1C.C=C1SCCN1C. The molecule has 9 N–H and O–H groups in total. The van der Waals surface area contributed by atoms with Crippen molar-refractivity contribution in [2.24, 2.45) is 5.73 Å². The van der Waals surface area contributed by atoms with Gasteiger partial charge in [0, 0.05) is 232 Å². The summed E-state index contributed by atoms with van der Waals surface area (Å²) in [4.78, 5) is 32.5. The quantitative estimate of drug-likeness (QED) is 0.130. The Bertz CT molecular complexity index is 2100. The zero-order valence-corrected chi connectivity index (χ0v) is 68.0. The Morgan fingerprint density at radius 2 is 0.897 bits per heavy atom. The van der Waals surface area contributed by atoms with E-state index in [1.807, 2.05) is 192 Å². The third kappa shape index (κ3) is 56.0. The number of nitrogens with two attached hydrogens (primary N) is 1. The van der Waals surface area contributed by atoms with Crippen LogP contribution in [0, 0.1) is 0 Å². The Morgan fingerprint density at radius 3 is 1.07 bits per heavy atom. The van der Waals surface area contributed by atoms with Crippen molar-refractivity contribution in [3.63, 3.8) is 0 Å². The molecular formula is C70H150N24O2S. The summed E-state index contributed by atoms with van der Waals surface area (Å²) in [5.41, 5.74) is 7.55. The Kier molecular flexibility index (Phi) is 61.5. The molecule has 7 aliphatic rings.